The molecule has 3 aromatic rings. The molecule has 1 aromatic heterocycles. The molecule has 1 aliphatic heterocycles. The lowest BCUT2D eigenvalue weighted by atomic mass is 10.0. The van der Waals surface area contributed by atoms with Crippen molar-refractivity contribution in [1.82, 2.24) is 19.8 Å². The van der Waals surface area contributed by atoms with Crippen LogP contribution in [0, 0.1) is 0 Å². The molecular weight excluding hydrogens is 296 g/mol. The van der Waals surface area contributed by atoms with Crippen molar-refractivity contribution >= 4 is 11.0 Å². The Kier molecular flexibility index (Phi) is 4.32. The third kappa shape index (κ3) is 2.72. The van der Waals surface area contributed by atoms with Crippen LogP contribution < -0.4 is 5.32 Å². The molecule has 1 fully saturated rings. The fourth-order valence-electron chi connectivity index (χ4n) is 3.73. The molecule has 1 N–H and O–H groups in total. The molecule has 24 heavy (non-hydrogen) atoms. The second kappa shape index (κ2) is 6.75. The fourth-order valence-corrected chi connectivity index (χ4v) is 3.73. The van der Waals surface area contributed by atoms with E-state index in [2.05, 4.69) is 76.3 Å². The molecule has 1 aliphatic rings. The summed E-state index contributed by atoms with van der Waals surface area (Å²) in [5.74, 6) is 1.16. The lowest BCUT2D eigenvalue weighted by Gasteiger charge is -2.35. The Morgan fingerprint density at radius 3 is 2.46 bits per heavy atom. The Balaban J connectivity index is 1.87. The maximum atomic E-state index is 5.04. The summed E-state index contributed by atoms with van der Waals surface area (Å²) in [5.41, 5.74) is 3.64. The average Bonchev–Trinajstić information content (AvgIpc) is 3.02. The Morgan fingerprint density at radius 2 is 1.71 bits per heavy atom. The van der Waals surface area contributed by atoms with E-state index in [1.807, 2.05) is 0 Å². The summed E-state index contributed by atoms with van der Waals surface area (Å²) in [6.45, 7) is 7.31. The summed E-state index contributed by atoms with van der Waals surface area (Å²) in [7, 11) is 0. The highest BCUT2D eigenvalue weighted by Gasteiger charge is 2.28. The van der Waals surface area contributed by atoms with Crippen LogP contribution in [0.1, 0.15) is 24.4 Å². The third-order valence-corrected chi connectivity index (χ3v) is 4.88. The SMILES string of the molecule is CCn1c(C(c2ccccc2)N2CCNCC2)nc2ccccc21. The van der Waals surface area contributed by atoms with E-state index in [9.17, 15) is 0 Å². The standard InChI is InChI=1S/C20H24N4/c1-2-24-18-11-7-6-10-17(18)22-20(24)19(16-8-4-3-5-9-16)23-14-12-21-13-15-23/h3-11,19,21H,2,12-15H2,1H3. The van der Waals surface area contributed by atoms with Gasteiger partial charge in [-0.15, -0.1) is 0 Å². The van der Waals surface area contributed by atoms with Crippen LogP contribution in [-0.4, -0.2) is 40.6 Å². The first-order valence-electron chi connectivity index (χ1n) is 8.83. The van der Waals surface area contributed by atoms with E-state index in [4.69, 9.17) is 4.98 Å². The molecule has 1 saturated heterocycles. The molecule has 4 nitrogen and oxygen atoms in total. The van der Waals surface area contributed by atoms with E-state index >= 15 is 0 Å². The summed E-state index contributed by atoms with van der Waals surface area (Å²) in [6.07, 6.45) is 0. The van der Waals surface area contributed by atoms with Gasteiger partial charge in [-0.3, -0.25) is 4.90 Å². The first-order valence-corrected chi connectivity index (χ1v) is 8.83. The summed E-state index contributed by atoms with van der Waals surface area (Å²) < 4.78 is 2.37. The topological polar surface area (TPSA) is 33.1 Å². The maximum absolute atomic E-state index is 5.04. The highest BCUT2D eigenvalue weighted by atomic mass is 15.2. The predicted molar refractivity (Wildman–Crippen MR) is 98.1 cm³/mol. The van der Waals surface area contributed by atoms with Gasteiger partial charge in [0.1, 0.15) is 5.82 Å². The Bertz CT molecular complexity index is 803. The molecule has 0 saturated carbocycles. The van der Waals surface area contributed by atoms with Crippen LogP contribution in [0.2, 0.25) is 0 Å². The van der Waals surface area contributed by atoms with Crippen molar-refractivity contribution in [3.63, 3.8) is 0 Å². The van der Waals surface area contributed by atoms with E-state index in [0.717, 1.165) is 44.1 Å². The summed E-state index contributed by atoms with van der Waals surface area (Å²) >= 11 is 0. The van der Waals surface area contributed by atoms with Crippen LogP contribution >= 0.6 is 0 Å². The molecule has 0 radical (unpaired) electrons. The fraction of sp³-hybridized carbons (Fsp3) is 0.350. The van der Waals surface area contributed by atoms with Crippen molar-refractivity contribution in [3.8, 4) is 0 Å². The molecule has 0 spiro atoms. The lowest BCUT2D eigenvalue weighted by Crippen LogP contribution is -2.46. The van der Waals surface area contributed by atoms with E-state index in [-0.39, 0.29) is 6.04 Å². The van der Waals surface area contributed by atoms with Gasteiger partial charge < -0.3 is 9.88 Å². The number of rotatable bonds is 4. The number of benzene rings is 2. The molecule has 124 valence electrons. The van der Waals surface area contributed by atoms with Crippen molar-refractivity contribution in [2.45, 2.75) is 19.5 Å². The number of piperazine rings is 1. The zero-order chi connectivity index (χ0) is 16.4. The summed E-state index contributed by atoms with van der Waals surface area (Å²) in [6, 6.07) is 19.5. The van der Waals surface area contributed by atoms with E-state index in [1.54, 1.807) is 0 Å². The van der Waals surface area contributed by atoms with Crippen LogP contribution in [0.3, 0.4) is 0 Å². The van der Waals surface area contributed by atoms with Gasteiger partial charge in [0, 0.05) is 32.7 Å². The molecule has 4 rings (SSSR count). The number of nitrogens with zero attached hydrogens (tertiary/aromatic N) is 3. The number of imidazole rings is 1. The smallest absolute Gasteiger partial charge is 0.131 e. The van der Waals surface area contributed by atoms with E-state index in [1.165, 1.54) is 11.1 Å². The first kappa shape index (κ1) is 15.4. The molecule has 0 amide bonds. The van der Waals surface area contributed by atoms with Crippen LogP contribution in [0.25, 0.3) is 11.0 Å². The van der Waals surface area contributed by atoms with Gasteiger partial charge >= 0.3 is 0 Å². The van der Waals surface area contributed by atoms with Gasteiger partial charge in [-0.1, -0.05) is 42.5 Å². The van der Waals surface area contributed by atoms with Gasteiger partial charge in [0.05, 0.1) is 17.1 Å². The van der Waals surface area contributed by atoms with E-state index in [0.29, 0.717) is 0 Å². The minimum absolute atomic E-state index is 0.209. The van der Waals surface area contributed by atoms with E-state index < -0.39 is 0 Å². The molecule has 4 heteroatoms. The van der Waals surface area contributed by atoms with Gasteiger partial charge in [-0.05, 0) is 24.6 Å². The Morgan fingerprint density at radius 1 is 1.00 bits per heavy atom. The number of para-hydroxylation sites is 2. The van der Waals surface area contributed by atoms with Crippen molar-refractivity contribution in [2.75, 3.05) is 26.2 Å². The van der Waals surface area contributed by atoms with Gasteiger partial charge in [0.2, 0.25) is 0 Å². The molecule has 1 atom stereocenters. The third-order valence-electron chi connectivity index (χ3n) is 4.88. The largest absolute Gasteiger partial charge is 0.327 e. The quantitative estimate of drug-likeness (QED) is 0.802. The van der Waals surface area contributed by atoms with Crippen molar-refractivity contribution in [2.24, 2.45) is 0 Å². The number of aryl methyl sites for hydroxylation is 1. The number of aromatic nitrogens is 2. The van der Waals surface area contributed by atoms with Crippen LogP contribution in [-0.2, 0) is 6.54 Å². The highest BCUT2D eigenvalue weighted by molar-refractivity contribution is 5.76. The zero-order valence-corrected chi connectivity index (χ0v) is 14.2. The van der Waals surface area contributed by atoms with Crippen LogP contribution in [0.5, 0.6) is 0 Å². The monoisotopic (exact) mass is 320 g/mol. The van der Waals surface area contributed by atoms with Gasteiger partial charge in [-0.25, -0.2) is 4.98 Å². The van der Waals surface area contributed by atoms with Gasteiger partial charge in [-0.2, -0.15) is 0 Å². The molecule has 2 heterocycles. The average molecular weight is 320 g/mol. The molecule has 1 unspecified atom stereocenters. The molecule has 2 aromatic carbocycles. The normalized spacial score (nSPS) is 17.2. The lowest BCUT2D eigenvalue weighted by molar-refractivity contribution is 0.190. The minimum atomic E-state index is 0.209. The van der Waals surface area contributed by atoms with Gasteiger partial charge in [0.15, 0.2) is 0 Å². The molecular formula is C20H24N4. The predicted octanol–water partition coefficient (Wildman–Crippen LogP) is 3.05. The summed E-state index contributed by atoms with van der Waals surface area (Å²) in [5, 5.41) is 3.46. The second-order valence-electron chi connectivity index (χ2n) is 6.30. The number of hydrogen-bond acceptors (Lipinski definition) is 3. The highest BCUT2D eigenvalue weighted by Crippen LogP contribution is 2.31. The van der Waals surface area contributed by atoms with Crippen LogP contribution in [0.15, 0.2) is 54.6 Å². The first-order chi connectivity index (χ1) is 11.9. The second-order valence-corrected chi connectivity index (χ2v) is 6.30. The number of fused-ring (bicyclic) bond motifs is 1. The van der Waals surface area contributed by atoms with Gasteiger partial charge in [0.25, 0.3) is 0 Å². The Labute approximate surface area is 143 Å². The Hall–Kier alpha value is -2.17. The maximum Gasteiger partial charge on any atom is 0.131 e. The minimum Gasteiger partial charge on any atom is -0.327 e. The number of nitrogens with one attached hydrogen (secondary N) is 1. The van der Waals surface area contributed by atoms with Crippen molar-refractivity contribution < 1.29 is 0 Å². The summed E-state index contributed by atoms with van der Waals surface area (Å²) in [4.78, 5) is 7.59. The van der Waals surface area contributed by atoms with Crippen molar-refractivity contribution in [1.29, 1.82) is 0 Å². The zero-order valence-electron chi connectivity index (χ0n) is 14.2. The van der Waals surface area contributed by atoms with Crippen LogP contribution in [0.4, 0.5) is 0 Å². The number of hydrogen-bond donors (Lipinski definition) is 1. The molecule has 0 aliphatic carbocycles. The molecule has 0 bridgehead atoms. The van der Waals surface area contributed by atoms with Crippen molar-refractivity contribution in [3.05, 3.63) is 66.0 Å².